The molecular weight excluding hydrogens is 404 g/mol. The first-order valence-electron chi connectivity index (χ1n) is 11.5. The van der Waals surface area contributed by atoms with Crippen molar-refractivity contribution in [3.05, 3.63) is 102 Å². The molecule has 2 aromatic heterocycles. The molecule has 1 aliphatic carbocycles. The number of benzene rings is 3. The number of aromatic nitrogens is 3. The van der Waals surface area contributed by atoms with E-state index in [0.29, 0.717) is 0 Å². The molecule has 0 bridgehead atoms. The number of fused-ring (bicyclic) bond motifs is 1. The minimum absolute atomic E-state index is 0.162. The maximum atomic E-state index is 6.56. The topological polar surface area (TPSA) is 56.2 Å². The van der Waals surface area contributed by atoms with Crippen molar-refractivity contribution in [3.8, 4) is 33.6 Å². The molecule has 6 rings (SSSR count). The van der Waals surface area contributed by atoms with Crippen molar-refractivity contribution in [3.63, 3.8) is 0 Å². The second-order valence-electron chi connectivity index (χ2n) is 9.06. The molecule has 3 aromatic carbocycles. The average Bonchev–Trinajstić information content (AvgIpc) is 3.18. The number of nitrogens with two attached hydrogens (primary N) is 1. The molecule has 33 heavy (non-hydrogen) atoms. The zero-order chi connectivity index (χ0) is 22.4. The van der Waals surface area contributed by atoms with E-state index in [2.05, 4.69) is 73.8 Å². The molecule has 1 saturated carbocycles. The lowest BCUT2D eigenvalue weighted by Gasteiger charge is -2.38. The highest BCUT2D eigenvalue weighted by molar-refractivity contribution is 5.83. The molecule has 4 heteroatoms. The van der Waals surface area contributed by atoms with Crippen LogP contribution in [0.4, 0.5) is 0 Å². The van der Waals surface area contributed by atoms with Crippen molar-refractivity contribution >= 4 is 5.65 Å². The van der Waals surface area contributed by atoms with Crippen molar-refractivity contribution in [1.29, 1.82) is 0 Å². The second-order valence-corrected chi connectivity index (χ2v) is 9.06. The number of aryl methyl sites for hydroxylation is 1. The van der Waals surface area contributed by atoms with Gasteiger partial charge in [-0.1, -0.05) is 84.9 Å². The predicted octanol–water partition coefficient (Wildman–Crippen LogP) is 6.38. The van der Waals surface area contributed by atoms with E-state index in [0.717, 1.165) is 57.7 Å². The third kappa shape index (κ3) is 3.35. The van der Waals surface area contributed by atoms with Gasteiger partial charge >= 0.3 is 0 Å². The predicted molar refractivity (Wildman–Crippen MR) is 134 cm³/mol. The maximum Gasteiger partial charge on any atom is 0.159 e. The smallest absolute Gasteiger partial charge is 0.159 e. The summed E-state index contributed by atoms with van der Waals surface area (Å²) in [6.07, 6.45) is 5.43. The average molecular weight is 431 g/mol. The number of rotatable bonds is 4. The van der Waals surface area contributed by atoms with Crippen molar-refractivity contribution in [2.75, 3.05) is 0 Å². The monoisotopic (exact) mass is 430 g/mol. The summed E-state index contributed by atoms with van der Waals surface area (Å²) < 4.78 is 1.92. The summed E-state index contributed by atoms with van der Waals surface area (Å²) in [6, 6.07) is 29.4. The van der Waals surface area contributed by atoms with Crippen LogP contribution in [0.1, 0.15) is 30.4 Å². The minimum atomic E-state index is -0.162. The molecule has 1 fully saturated rings. The highest BCUT2D eigenvalue weighted by Crippen LogP contribution is 2.40. The summed E-state index contributed by atoms with van der Waals surface area (Å²) in [5.74, 6) is 0. The summed E-state index contributed by atoms with van der Waals surface area (Å²) in [5.41, 5.74) is 15.9. The van der Waals surface area contributed by atoms with E-state index in [1.807, 2.05) is 28.8 Å². The molecule has 1 aliphatic rings. The fourth-order valence-electron chi connectivity index (χ4n) is 4.81. The Bertz CT molecular complexity index is 1430. The first-order chi connectivity index (χ1) is 16.1. The molecule has 0 amide bonds. The second kappa shape index (κ2) is 7.68. The normalized spacial score (nSPS) is 14.8. The number of nitrogens with zero attached hydrogens (tertiary/aromatic N) is 3. The lowest BCUT2D eigenvalue weighted by atomic mass is 9.72. The first-order valence-corrected chi connectivity index (χ1v) is 11.5. The maximum absolute atomic E-state index is 6.56. The zero-order valence-electron chi connectivity index (χ0n) is 18.7. The van der Waals surface area contributed by atoms with Crippen molar-refractivity contribution < 1.29 is 0 Å². The molecule has 5 aromatic rings. The molecule has 4 nitrogen and oxygen atoms in total. The van der Waals surface area contributed by atoms with E-state index in [1.165, 1.54) is 12.0 Å². The Hall–Kier alpha value is -3.76. The van der Waals surface area contributed by atoms with E-state index in [1.54, 1.807) is 0 Å². The fraction of sp³-hybridized carbons (Fsp3) is 0.172. The number of hydrogen-bond donors (Lipinski definition) is 1. The lowest BCUT2D eigenvalue weighted by molar-refractivity contribution is 0.253. The van der Waals surface area contributed by atoms with Gasteiger partial charge in [0.15, 0.2) is 5.65 Å². The van der Waals surface area contributed by atoms with Crippen LogP contribution in [0.3, 0.4) is 0 Å². The molecule has 0 radical (unpaired) electrons. The van der Waals surface area contributed by atoms with E-state index in [9.17, 15) is 0 Å². The molecule has 0 unspecified atom stereocenters. The molecule has 162 valence electrons. The molecule has 2 heterocycles. The van der Waals surface area contributed by atoms with Crippen LogP contribution in [0.2, 0.25) is 0 Å². The molecule has 0 spiro atoms. The van der Waals surface area contributed by atoms with Gasteiger partial charge < -0.3 is 5.73 Å². The molecule has 0 aliphatic heterocycles. The zero-order valence-corrected chi connectivity index (χ0v) is 18.7. The Morgan fingerprint density at radius 2 is 1.36 bits per heavy atom. The minimum Gasteiger partial charge on any atom is -0.321 e. The SMILES string of the molecule is Cc1c(-c2ccccc2)nn2cc(-c3ccccc3)c(-c3ccc(C4(N)CCC4)cc3)nc12. The highest BCUT2D eigenvalue weighted by atomic mass is 15.3. The van der Waals surface area contributed by atoms with Gasteiger partial charge in [0.1, 0.15) is 0 Å². The van der Waals surface area contributed by atoms with Crippen LogP contribution >= 0.6 is 0 Å². The third-order valence-electron chi connectivity index (χ3n) is 6.95. The molecular formula is C29H26N4. The van der Waals surface area contributed by atoms with Crippen molar-refractivity contribution in [1.82, 2.24) is 14.6 Å². The van der Waals surface area contributed by atoms with Crippen LogP contribution in [0.25, 0.3) is 39.3 Å². The standard InChI is InChI=1S/C29H26N4/c1-20-26(22-11-6-3-7-12-22)32-33-19-25(21-9-4-2-5-10-21)27(31-28(20)33)23-13-15-24(16-14-23)29(30)17-8-18-29/h2-7,9-16,19H,8,17-18,30H2,1H3. The van der Waals surface area contributed by atoms with E-state index >= 15 is 0 Å². The Labute approximate surface area is 193 Å². The van der Waals surface area contributed by atoms with Gasteiger partial charge in [0.2, 0.25) is 0 Å². The van der Waals surface area contributed by atoms with Gasteiger partial charge in [-0.2, -0.15) is 5.10 Å². The highest BCUT2D eigenvalue weighted by Gasteiger charge is 2.34. The van der Waals surface area contributed by atoms with Crippen LogP contribution in [0, 0.1) is 6.92 Å². The summed E-state index contributed by atoms with van der Waals surface area (Å²) in [6.45, 7) is 2.10. The van der Waals surface area contributed by atoms with Crippen LogP contribution in [-0.2, 0) is 5.54 Å². The van der Waals surface area contributed by atoms with Gasteiger partial charge in [-0.3, -0.25) is 0 Å². The molecule has 0 atom stereocenters. The Morgan fingerprint density at radius 1 is 0.758 bits per heavy atom. The molecule has 2 N–H and O–H groups in total. The van der Waals surface area contributed by atoms with Crippen LogP contribution in [0.15, 0.2) is 91.1 Å². The van der Waals surface area contributed by atoms with Crippen LogP contribution in [-0.4, -0.2) is 14.6 Å². The Morgan fingerprint density at radius 3 is 1.97 bits per heavy atom. The Balaban J connectivity index is 1.54. The van der Waals surface area contributed by atoms with E-state index in [4.69, 9.17) is 15.8 Å². The summed E-state index contributed by atoms with van der Waals surface area (Å²) in [4.78, 5) is 5.16. The van der Waals surface area contributed by atoms with Crippen molar-refractivity contribution in [2.45, 2.75) is 31.7 Å². The summed E-state index contributed by atoms with van der Waals surface area (Å²) >= 11 is 0. The Kier molecular flexibility index (Phi) is 4.63. The van der Waals surface area contributed by atoms with Crippen LogP contribution in [0.5, 0.6) is 0 Å². The third-order valence-corrected chi connectivity index (χ3v) is 6.95. The van der Waals surface area contributed by atoms with E-state index in [-0.39, 0.29) is 5.54 Å². The van der Waals surface area contributed by atoms with Gasteiger partial charge in [0.05, 0.1) is 11.4 Å². The largest absolute Gasteiger partial charge is 0.321 e. The lowest BCUT2D eigenvalue weighted by Crippen LogP contribution is -2.43. The van der Waals surface area contributed by atoms with Crippen molar-refractivity contribution in [2.24, 2.45) is 5.73 Å². The van der Waals surface area contributed by atoms with Gasteiger partial charge in [-0.05, 0) is 37.3 Å². The summed E-state index contributed by atoms with van der Waals surface area (Å²) in [7, 11) is 0. The van der Waals surface area contributed by atoms with Crippen LogP contribution < -0.4 is 5.73 Å². The van der Waals surface area contributed by atoms with Gasteiger partial charge in [0.25, 0.3) is 0 Å². The quantitative estimate of drug-likeness (QED) is 0.360. The van der Waals surface area contributed by atoms with Gasteiger partial charge in [-0.25, -0.2) is 9.50 Å². The number of hydrogen-bond acceptors (Lipinski definition) is 3. The first kappa shape index (κ1) is 19.9. The molecule has 0 saturated heterocycles. The summed E-state index contributed by atoms with van der Waals surface area (Å²) in [5, 5.41) is 4.91. The van der Waals surface area contributed by atoms with E-state index < -0.39 is 0 Å². The van der Waals surface area contributed by atoms with Gasteiger partial charge in [-0.15, -0.1) is 0 Å². The van der Waals surface area contributed by atoms with Gasteiger partial charge in [0, 0.05) is 34.0 Å². The fourth-order valence-corrected chi connectivity index (χ4v) is 4.81.